The van der Waals surface area contributed by atoms with Crippen molar-refractivity contribution in [3.05, 3.63) is 35.4 Å². The number of benzene rings is 1. The number of hydrogen-bond acceptors (Lipinski definition) is 3. The molecule has 3 nitrogen and oxygen atoms in total. The zero-order chi connectivity index (χ0) is 13.9. The quantitative estimate of drug-likeness (QED) is 0.929. The molecule has 1 aromatic rings. The van der Waals surface area contributed by atoms with Crippen molar-refractivity contribution in [1.29, 1.82) is 0 Å². The van der Waals surface area contributed by atoms with E-state index in [1.54, 1.807) is 0 Å². The van der Waals surface area contributed by atoms with Crippen molar-refractivity contribution in [2.75, 3.05) is 18.8 Å². The van der Waals surface area contributed by atoms with E-state index in [9.17, 15) is 4.79 Å². The predicted molar refractivity (Wildman–Crippen MR) is 83.7 cm³/mol. The monoisotopic (exact) mass is 290 g/mol. The number of amides is 1. The summed E-state index contributed by atoms with van der Waals surface area (Å²) in [6, 6.07) is 8.50. The summed E-state index contributed by atoms with van der Waals surface area (Å²) in [5.41, 5.74) is 2.45. The topological polar surface area (TPSA) is 32.3 Å². The molecule has 1 amide bonds. The SMILES string of the molecule is Cc1ccc(C2NCC(=O)N2CC2CCCCS2)cc1. The summed E-state index contributed by atoms with van der Waals surface area (Å²) in [6.07, 6.45) is 3.94. The first kappa shape index (κ1) is 14.0. The van der Waals surface area contributed by atoms with E-state index < -0.39 is 0 Å². The second-order valence-corrected chi connectivity index (χ2v) is 7.14. The van der Waals surface area contributed by atoms with Gasteiger partial charge in [0.15, 0.2) is 0 Å². The van der Waals surface area contributed by atoms with Crippen LogP contribution in [0.25, 0.3) is 0 Å². The molecular weight excluding hydrogens is 268 g/mol. The average molecular weight is 290 g/mol. The molecule has 2 unspecified atom stereocenters. The van der Waals surface area contributed by atoms with E-state index in [1.807, 2.05) is 16.7 Å². The molecule has 2 aliphatic rings. The van der Waals surface area contributed by atoms with Gasteiger partial charge in [0.1, 0.15) is 6.17 Å². The van der Waals surface area contributed by atoms with E-state index in [0.29, 0.717) is 11.8 Å². The van der Waals surface area contributed by atoms with Crippen LogP contribution in [-0.2, 0) is 4.79 Å². The lowest BCUT2D eigenvalue weighted by Gasteiger charge is -2.30. The van der Waals surface area contributed by atoms with Gasteiger partial charge in [0, 0.05) is 11.8 Å². The molecule has 2 atom stereocenters. The Morgan fingerprint density at radius 2 is 2.10 bits per heavy atom. The first-order valence-electron chi connectivity index (χ1n) is 7.45. The van der Waals surface area contributed by atoms with Gasteiger partial charge in [-0.25, -0.2) is 0 Å². The molecule has 0 spiro atoms. The molecule has 2 fully saturated rings. The third-order valence-electron chi connectivity index (χ3n) is 4.15. The Hall–Kier alpha value is -1.00. The maximum Gasteiger partial charge on any atom is 0.238 e. The summed E-state index contributed by atoms with van der Waals surface area (Å²) in [5.74, 6) is 1.48. The van der Waals surface area contributed by atoms with E-state index in [-0.39, 0.29) is 12.1 Å². The van der Waals surface area contributed by atoms with Crippen LogP contribution in [0.2, 0.25) is 0 Å². The van der Waals surface area contributed by atoms with E-state index in [2.05, 4.69) is 36.5 Å². The first-order valence-corrected chi connectivity index (χ1v) is 8.50. The number of hydrogen-bond donors (Lipinski definition) is 1. The van der Waals surface area contributed by atoms with E-state index in [1.165, 1.54) is 36.1 Å². The number of aryl methyl sites for hydroxylation is 1. The molecule has 1 aromatic carbocycles. The number of carbonyl (C=O) groups is 1. The molecule has 2 aliphatic heterocycles. The van der Waals surface area contributed by atoms with E-state index >= 15 is 0 Å². The van der Waals surface area contributed by atoms with Gasteiger partial charge in [0.05, 0.1) is 6.54 Å². The molecule has 108 valence electrons. The van der Waals surface area contributed by atoms with Crippen molar-refractivity contribution in [1.82, 2.24) is 10.2 Å². The van der Waals surface area contributed by atoms with Gasteiger partial charge < -0.3 is 4.90 Å². The fourth-order valence-corrected chi connectivity index (χ4v) is 4.27. The van der Waals surface area contributed by atoms with Crippen molar-refractivity contribution < 1.29 is 4.79 Å². The molecule has 3 rings (SSSR count). The highest BCUT2D eigenvalue weighted by Crippen LogP contribution is 2.30. The standard InChI is InChI=1S/C16H22N2OS/c1-12-5-7-13(8-6-12)16-17-10-15(19)18(16)11-14-4-2-3-9-20-14/h5-8,14,16-17H,2-4,9-11H2,1H3. The number of carbonyl (C=O) groups excluding carboxylic acids is 1. The molecule has 0 aromatic heterocycles. The molecular formula is C16H22N2OS. The summed E-state index contributed by atoms with van der Waals surface area (Å²) in [4.78, 5) is 14.2. The Morgan fingerprint density at radius 3 is 2.80 bits per heavy atom. The van der Waals surface area contributed by atoms with Gasteiger partial charge >= 0.3 is 0 Å². The second-order valence-electron chi connectivity index (χ2n) is 5.73. The van der Waals surface area contributed by atoms with Gasteiger partial charge in [-0.15, -0.1) is 0 Å². The van der Waals surface area contributed by atoms with Crippen LogP contribution in [0.4, 0.5) is 0 Å². The van der Waals surface area contributed by atoms with Crippen molar-refractivity contribution in [2.24, 2.45) is 0 Å². The predicted octanol–water partition coefficient (Wildman–Crippen LogP) is 2.71. The maximum atomic E-state index is 12.2. The molecule has 2 saturated heterocycles. The molecule has 0 radical (unpaired) electrons. The van der Waals surface area contributed by atoms with Gasteiger partial charge in [-0.2, -0.15) is 11.8 Å². The minimum atomic E-state index is 0.0608. The number of thioether (sulfide) groups is 1. The minimum absolute atomic E-state index is 0.0608. The van der Waals surface area contributed by atoms with Crippen LogP contribution in [0.1, 0.15) is 36.6 Å². The highest BCUT2D eigenvalue weighted by Gasteiger charge is 2.33. The van der Waals surface area contributed by atoms with Crippen molar-refractivity contribution in [3.63, 3.8) is 0 Å². The van der Waals surface area contributed by atoms with Crippen LogP contribution in [0, 0.1) is 6.92 Å². The third kappa shape index (κ3) is 3.01. The molecule has 1 N–H and O–H groups in total. The van der Waals surface area contributed by atoms with Gasteiger partial charge in [-0.3, -0.25) is 10.1 Å². The summed E-state index contributed by atoms with van der Waals surface area (Å²) in [5, 5.41) is 3.96. The van der Waals surface area contributed by atoms with Crippen molar-refractivity contribution in [3.8, 4) is 0 Å². The van der Waals surface area contributed by atoms with Crippen LogP contribution in [0.3, 0.4) is 0 Å². The minimum Gasteiger partial charge on any atom is -0.321 e. The highest BCUT2D eigenvalue weighted by atomic mass is 32.2. The van der Waals surface area contributed by atoms with E-state index in [4.69, 9.17) is 0 Å². The van der Waals surface area contributed by atoms with Crippen LogP contribution < -0.4 is 5.32 Å². The Morgan fingerprint density at radius 1 is 1.30 bits per heavy atom. The van der Waals surface area contributed by atoms with Gasteiger partial charge in [0.25, 0.3) is 0 Å². The van der Waals surface area contributed by atoms with Crippen LogP contribution in [0.15, 0.2) is 24.3 Å². The lowest BCUT2D eigenvalue weighted by Crippen LogP contribution is -2.36. The maximum absolute atomic E-state index is 12.2. The van der Waals surface area contributed by atoms with Crippen LogP contribution >= 0.6 is 11.8 Å². The number of rotatable bonds is 3. The van der Waals surface area contributed by atoms with Crippen molar-refractivity contribution in [2.45, 2.75) is 37.6 Å². The molecule has 0 aliphatic carbocycles. The highest BCUT2D eigenvalue weighted by molar-refractivity contribution is 7.99. The lowest BCUT2D eigenvalue weighted by molar-refractivity contribution is -0.128. The first-order chi connectivity index (χ1) is 9.74. The fourth-order valence-electron chi connectivity index (χ4n) is 2.96. The molecule has 0 saturated carbocycles. The zero-order valence-corrected chi connectivity index (χ0v) is 12.8. The Kier molecular flexibility index (Phi) is 4.32. The van der Waals surface area contributed by atoms with Crippen LogP contribution in [-0.4, -0.2) is 34.9 Å². The largest absolute Gasteiger partial charge is 0.321 e. The smallest absolute Gasteiger partial charge is 0.238 e. The normalized spacial score (nSPS) is 27.1. The summed E-state index contributed by atoms with van der Waals surface area (Å²) >= 11 is 2.03. The van der Waals surface area contributed by atoms with Gasteiger partial charge in [-0.05, 0) is 31.1 Å². The summed E-state index contributed by atoms with van der Waals surface area (Å²) in [7, 11) is 0. The second kappa shape index (κ2) is 6.19. The zero-order valence-electron chi connectivity index (χ0n) is 12.0. The average Bonchev–Trinajstić information content (AvgIpc) is 2.83. The Balaban J connectivity index is 1.72. The lowest BCUT2D eigenvalue weighted by atomic mass is 10.1. The van der Waals surface area contributed by atoms with Crippen molar-refractivity contribution >= 4 is 17.7 Å². The number of nitrogens with zero attached hydrogens (tertiary/aromatic N) is 1. The fraction of sp³-hybridized carbons (Fsp3) is 0.562. The van der Waals surface area contributed by atoms with Gasteiger partial charge in [-0.1, -0.05) is 36.2 Å². The van der Waals surface area contributed by atoms with Crippen LogP contribution in [0.5, 0.6) is 0 Å². The van der Waals surface area contributed by atoms with Gasteiger partial charge in [0.2, 0.25) is 5.91 Å². The molecule has 4 heteroatoms. The Labute approximate surface area is 125 Å². The molecule has 2 heterocycles. The number of nitrogens with one attached hydrogen (secondary N) is 1. The molecule has 0 bridgehead atoms. The Bertz CT molecular complexity index is 468. The third-order valence-corrected chi connectivity index (χ3v) is 5.53. The summed E-state index contributed by atoms with van der Waals surface area (Å²) in [6.45, 7) is 3.44. The van der Waals surface area contributed by atoms with E-state index in [0.717, 1.165) is 6.54 Å². The molecule has 20 heavy (non-hydrogen) atoms. The summed E-state index contributed by atoms with van der Waals surface area (Å²) < 4.78 is 0.